The second-order valence-electron chi connectivity index (χ2n) is 13.6. The molecule has 3 atom stereocenters. The van der Waals surface area contributed by atoms with Gasteiger partial charge in [0.1, 0.15) is 46.8 Å². The van der Waals surface area contributed by atoms with Gasteiger partial charge in [-0.25, -0.2) is 18.7 Å². The Morgan fingerprint density at radius 3 is 2.47 bits per heavy atom. The summed E-state index contributed by atoms with van der Waals surface area (Å²) in [6.45, 7) is 7.03. The van der Waals surface area contributed by atoms with Crippen molar-refractivity contribution in [1.82, 2.24) is 29.5 Å². The number of hydrogen-bond donors (Lipinski definition) is 3. The topological polar surface area (TPSA) is 123 Å². The highest BCUT2D eigenvalue weighted by molar-refractivity contribution is 5.78. The predicted molar refractivity (Wildman–Crippen MR) is 178 cm³/mol. The Labute approximate surface area is 297 Å². The number of allylic oxidation sites excluding steroid dienone is 1. The van der Waals surface area contributed by atoms with E-state index in [0.717, 1.165) is 12.1 Å². The van der Waals surface area contributed by atoms with Crippen molar-refractivity contribution in [1.29, 1.82) is 0 Å². The number of pyridine rings is 2. The van der Waals surface area contributed by atoms with Crippen molar-refractivity contribution < 1.29 is 40.6 Å². The Balaban J connectivity index is 1.36. The van der Waals surface area contributed by atoms with Crippen LogP contribution in [0, 0.1) is 36.3 Å². The molecule has 0 radical (unpaired) electrons. The maximum absolute atomic E-state index is 15.5. The van der Waals surface area contributed by atoms with Crippen LogP contribution in [-0.2, 0) is 29.9 Å². The van der Waals surface area contributed by atoms with E-state index in [1.54, 1.807) is 41.7 Å². The second-order valence-corrected chi connectivity index (χ2v) is 13.6. The van der Waals surface area contributed by atoms with Crippen molar-refractivity contribution in [2.24, 2.45) is 5.92 Å². The molecule has 0 aliphatic heterocycles. The number of fused-ring (bicyclic) bond motifs is 4. The van der Waals surface area contributed by atoms with E-state index in [1.807, 2.05) is 0 Å². The van der Waals surface area contributed by atoms with Gasteiger partial charge in [0.2, 0.25) is 5.91 Å². The minimum Gasteiger partial charge on any atom is -0.382 e. The van der Waals surface area contributed by atoms with E-state index in [2.05, 4.69) is 38.8 Å². The maximum atomic E-state index is 15.5. The number of alkyl halides is 5. The number of rotatable bonds is 7. The number of carbonyl (C=O) groups excluding carboxylic acids is 1. The highest BCUT2D eigenvalue weighted by atomic mass is 19.4. The second kappa shape index (κ2) is 12.2. The van der Waals surface area contributed by atoms with E-state index in [0.29, 0.717) is 33.3 Å². The number of halogens is 7. The highest BCUT2D eigenvalue weighted by Gasteiger charge is 2.71. The summed E-state index contributed by atoms with van der Waals surface area (Å²) in [5.74, 6) is -3.35. The highest BCUT2D eigenvalue weighted by Crippen LogP contribution is 2.71. The quantitative estimate of drug-likeness (QED) is 0.101. The summed E-state index contributed by atoms with van der Waals surface area (Å²) >= 11 is 0. The van der Waals surface area contributed by atoms with Crippen LogP contribution in [0.2, 0.25) is 0 Å². The third-order valence-electron chi connectivity index (χ3n) is 9.17. The van der Waals surface area contributed by atoms with Crippen LogP contribution < -0.4 is 11.1 Å². The first kappa shape index (κ1) is 35.7. The normalized spacial score (nSPS) is 18.0. The molecule has 16 heteroatoms. The number of nitrogens with zero attached hydrogens (tertiary/aromatic N) is 5. The molecule has 9 nitrogen and oxygen atoms in total. The minimum absolute atomic E-state index is 0.0459. The molecule has 0 saturated heterocycles. The Morgan fingerprint density at radius 2 is 1.81 bits per heavy atom. The molecule has 53 heavy (non-hydrogen) atoms. The number of amides is 1. The fraction of sp³-hybridized carbons (Fsp3) is 0.297. The lowest BCUT2D eigenvalue weighted by atomic mass is 9.96. The minimum atomic E-state index is -5.09. The SMILES string of the molecule is C=C1[C@@H]2c3c(C(F)(F)F)nn(CC(=O)N[C@@H](Cc4cc(F)cc(F)c4)c4nc(C#CC(C)(C)O)ccc4-c4cccc5c(N)nc(C)n45)c3C(F)(F)[C@H]12. The summed E-state index contributed by atoms with van der Waals surface area (Å²) in [5.41, 5.74) is 3.02. The van der Waals surface area contributed by atoms with Crippen molar-refractivity contribution in [3.8, 4) is 23.1 Å². The molecule has 1 saturated carbocycles. The number of nitrogens with two attached hydrogens (primary N) is 1. The zero-order valence-corrected chi connectivity index (χ0v) is 28.3. The fourth-order valence-corrected chi connectivity index (χ4v) is 7.05. The average Bonchev–Trinajstić information content (AvgIpc) is 3.29. The lowest BCUT2D eigenvalue weighted by Crippen LogP contribution is -2.35. The van der Waals surface area contributed by atoms with Gasteiger partial charge in [-0.2, -0.15) is 27.1 Å². The van der Waals surface area contributed by atoms with Crippen molar-refractivity contribution in [2.45, 2.75) is 63.4 Å². The van der Waals surface area contributed by atoms with Gasteiger partial charge < -0.3 is 16.2 Å². The van der Waals surface area contributed by atoms with Crippen LogP contribution >= 0.6 is 0 Å². The number of carbonyl (C=O) groups is 1. The Kier molecular flexibility index (Phi) is 8.21. The van der Waals surface area contributed by atoms with Crippen LogP contribution in [0.3, 0.4) is 0 Å². The van der Waals surface area contributed by atoms with Gasteiger partial charge in [0.05, 0.1) is 28.9 Å². The lowest BCUT2D eigenvalue weighted by molar-refractivity contribution is -0.142. The molecule has 0 bridgehead atoms. The van der Waals surface area contributed by atoms with Gasteiger partial charge in [-0.05, 0) is 75.1 Å². The number of aliphatic hydroxyl groups is 1. The van der Waals surface area contributed by atoms with Crippen LogP contribution in [0.15, 0.2) is 60.7 Å². The van der Waals surface area contributed by atoms with E-state index in [4.69, 9.17) is 5.73 Å². The van der Waals surface area contributed by atoms with Gasteiger partial charge in [-0.1, -0.05) is 24.1 Å². The van der Waals surface area contributed by atoms with Crippen LogP contribution in [0.4, 0.5) is 36.6 Å². The summed E-state index contributed by atoms with van der Waals surface area (Å²) in [5, 5.41) is 16.3. The summed E-state index contributed by atoms with van der Waals surface area (Å²) in [4.78, 5) is 22.8. The molecular formula is C37H30F7N7O2. The van der Waals surface area contributed by atoms with Crippen molar-refractivity contribution in [3.63, 3.8) is 0 Å². The number of nitrogens with one attached hydrogen (secondary N) is 1. The third kappa shape index (κ3) is 6.39. The molecule has 2 aliphatic rings. The standard InChI is InChI=1S/C37H30F7N7O2/c1-17-28-29-32(37(42,43)44)49-50(33(29)36(40,41)30(17)28)16-27(52)48-24(14-19-12-20(38)15-21(39)13-19)31-23(9-8-22(47-31)10-11-35(3,4)53)25-6-5-7-26-34(45)46-18(2)51(25)26/h5-9,12-13,15,24,28,30,53H,1,14,16,45H2,2-4H3,(H,48,52)/t24-,28+,30+/m0/s1. The fourth-order valence-electron chi connectivity index (χ4n) is 7.05. The van der Waals surface area contributed by atoms with Gasteiger partial charge in [0, 0.05) is 23.1 Å². The van der Waals surface area contributed by atoms with Gasteiger partial charge in [0.15, 0.2) is 5.69 Å². The van der Waals surface area contributed by atoms with Gasteiger partial charge in [-0.3, -0.25) is 13.9 Å². The van der Waals surface area contributed by atoms with E-state index in [9.17, 15) is 31.9 Å². The molecule has 4 N–H and O–H groups in total. The predicted octanol–water partition coefficient (Wildman–Crippen LogP) is 6.38. The monoisotopic (exact) mass is 737 g/mol. The number of benzene rings is 1. The molecular weight excluding hydrogens is 707 g/mol. The first-order chi connectivity index (χ1) is 24.7. The maximum Gasteiger partial charge on any atom is 0.435 e. The summed E-state index contributed by atoms with van der Waals surface area (Å²) in [7, 11) is 0. The largest absolute Gasteiger partial charge is 0.435 e. The summed E-state index contributed by atoms with van der Waals surface area (Å²) in [6, 6.07) is 9.68. The van der Waals surface area contributed by atoms with Crippen LogP contribution in [-0.4, -0.2) is 40.8 Å². The number of aromatic nitrogens is 5. The van der Waals surface area contributed by atoms with E-state index in [-0.39, 0.29) is 34.8 Å². The van der Waals surface area contributed by atoms with Crippen molar-refractivity contribution in [3.05, 3.63) is 112 Å². The smallest absolute Gasteiger partial charge is 0.382 e. The number of nitrogen functional groups attached to an aromatic ring is 1. The summed E-state index contributed by atoms with van der Waals surface area (Å²) < 4.78 is 104. The van der Waals surface area contributed by atoms with Gasteiger partial charge in [0.25, 0.3) is 5.92 Å². The van der Waals surface area contributed by atoms with Crippen LogP contribution in [0.1, 0.15) is 65.5 Å². The third-order valence-corrected chi connectivity index (χ3v) is 9.17. The van der Waals surface area contributed by atoms with Crippen molar-refractivity contribution in [2.75, 3.05) is 5.73 Å². The molecule has 2 aliphatic carbocycles. The zero-order valence-electron chi connectivity index (χ0n) is 28.3. The van der Waals surface area contributed by atoms with Gasteiger partial charge >= 0.3 is 6.18 Å². The van der Waals surface area contributed by atoms with Crippen LogP contribution in [0.5, 0.6) is 0 Å². The molecule has 1 fully saturated rings. The average molecular weight is 738 g/mol. The number of hydrogen-bond acceptors (Lipinski definition) is 6. The first-order valence-electron chi connectivity index (χ1n) is 16.2. The number of anilines is 1. The van der Waals surface area contributed by atoms with Crippen LogP contribution in [0.25, 0.3) is 16.8 Å². The number of aryl methyl sites for hydroxylation is 1. The molecule has 5 aromatic rings. The molecule has 7 rings (SSSR count). The molecule has 0 spiro atoms. The lowest BCUT2D eigenvalue weighted by Gasteiger charge is -2.23. The molecule has 1 aromatic carbocycles. The van der Waals surface area contributed by atoms with Gasteiger partial charge in [-0.15, -0.1) is 0 Å². The number of imidazole rings is 1. The van der Waals surface area contributed by atoms with E-state index >= 15 is 8.78 Å². The molecule has 274 valence electrons. The zero-order chi connectivity index (χ0) is 38.4. The Hall–Kier alpha value is -5.69. The molecule has 4 heterocycles. The summed E-state index contributed by atoms with van der Waals surface area (Å²) in [6.07, 6.45) is -5.42. The van der Waals surface area contributed by atoms with Crippen molar-refractivity contribution >= 4 is 17.2 Å². The van der Waals surface area contributed by atoms with E-state index < -0.39 is 76.6 Å². The van der Waals surface area contributed by atoms with E-state index in [1.165, 1.54) is 13.8 Å². The molecule has 1 amide bonds. The first-order valence-corrected chi connectivity index (χ1v) is 16.2. The Morgan fingerprint density at radius 1 is 1.11 bits per heavy atom. The molecule has 0 unspecified atom stereocenters. The molecule has 4 aromatic heterocycles. The Bertz CT molecular complexity index is 2390.